The Labute approximate surface area is 347 Å². The Hall–Kier alpha value is -2.29. The van der Waals surface area contributed by atoms with Crippen LogP contribution in [-0.2, 0) is 32.9 Å². The monoisotopic (exact) mass is 821 g/mol. The summed E-state index contributed by atoms with van der Waals surface area (Å²) in [5.74, 6) is -0.147. The van der Waals surface area contributed by atoms with Gasteiger partial charge >= 0.3 is 19.8 Å². The minimum atomic E-state index is -4.78. The zero-order valence-corrected chi connectivity index (χ0v) is 37.0. The Morgan fingerprint density at radius 2 is 1.05 bits per heavy atom. The fraction of sp³-hybridized carbons (Fsp3) is 0.745. The third-order valence-electron chi connectivity index (χ3n) is 9.89. The normalized spacial score (nSPS) is 16.7. The summed E-state index contributed by atoms with van der Waals surface area (Å²) in [6.07, 6.45) is 48.6. The van der Waals surface area contributed by atoms with Crippen LogP contribution in [0.5, 0.6) is 0 Å². The van der Waals surface area contributed by atoms with Crippen molar-refractivity contribution in [1.82, 2.24) is 0 Å². The maximum absolute atomic E-state index is 12.4. The first-order valence-corrected chi connectivity index (χ1v) is 24.1. The summed E-state index contributed by atoms with van der Waals surface area (Å²) in [7, 11) is -4.78. The Kier molecular flexibility index (Phi) is 34.0. The van der Waals surface area contributed by atoms with Crippen LogP contribution in [0.2, 0.25) is 0 Å². The fourth-order valence-corrected chi connectivity index (χ4v) is 6.81. The molecule has 0 spiro atoms. The summed E-state index contributed by atoms with van der Waals surface area (Å²) in [5.41, 5.74) is 0. The highest BCUT2D eigenvalue weighted by atomic mass is 31.2. The first-order valence-electron chi connectivity index (χ1n) is 22.6. The summed E-state index contributed by atoms with van der Waals surface area (Å²) in [4.78, 5) is 42.9. The van der Waals surface area contributed by atoms with Crippen LogP contribution in [0.25, 0.3) is 0 Å². The van der Waals surface area contributed by atoms with E-state index in [-0.39, 0.29) is 19.4 Å². The molecule has 1 rings (SSSR count). The maximum Gasteiger partial charge on any atom is 0.469 e. The second-order valence-electron chi connectivity index (χ2n) is 15.9. The smallest absolute Gasteiger partial charge is 0.462 e. The lowest BCUT2D eigenvalue weighted by Gasteiger charge is -2.18. The van der Waals surface area contributed by atoms with Gasteiger partial charge in [-0.05, 0) is 57.3 Å². The summed E-state index contributed by atoms with van der Waals surface area (Å²) < 4.78 is 32.0. The quantitative estimate of drug-likeness (QED) is 0.0204. The van der Waals surface area contributed by atoms with Gasteiger partial charge in [-0.2, -0.15) is 0 Å². The van der Waals surface area contributed by atoms with E-state index in [1.165, 1.54) is 89.9 Å². The Balaban J connectivity index is 2.07. The Bertz CT molecular complexity index is 1190. The topological polar surface area (TPSA) is 132 Å². The second kappa shape index (κ2) is 36.8. The summed E-state index contributed by atoms with van der Waals surface area (Å²) in [6.45, 7) is 5.87. The predicted molar refractivity (Wildman–Crippen MR) is 234 cm³/mol. The van der Waals surface area contributed by atoms with Gasteiger partial charge in [0.05, 0.1) is 18.8 Å². The lowest BCUT2D eigenvalue weighted by atomic mass is 10.0. The van der Waals surface area contributed by atoms with E-state index in [1.54, 1.807) is 0 Å². The van der Waals surface area contributed by atoms with Gasteiger partial charge in [0, 0.05) is 12.8 Å². The molecule has 57 heavy (non-hydrogen) atoms. The van der Waals surface area contributed by atoms with E-state index in [9.17, 15) is 14.2 Å². The molecule has 10 heteroatoms. The molecule has 1 saturated heterocycles. The average Bonchev–Trinajstić information content (AvgIpc) is 3.92. The third kappa shape index (κ3) is 37.7. The minimum absolute atomic E-state index is 0.0825. The van der Waals surface area contributed by atoms with Gasteiger partial charge in [-0.3, -0.25) is 14.1 Å². The largest absolute Gasteiger partial charge is 0.469 e. The standard InChI is InChI=1S/C47H81O9P/c1-4-5-30-36-44-45(56-44)37-32-27-23-19-15-12-13-17-21-25-29-34-39-47(49)55-43(41-54-57(50,51)52)40-53-46(48)38-33-28-24-20-16-11-9-7-6-8-10-14-18-22-26-31-35-42(2)3/h5,13,15,17,19,25,27,29-30,32,42-45H,4,6-12,14,16,18,20-24,26,28,31,33-41H2,1-3H3,(H2,50,51,52)/b17-13-,19-15-,29-25-,30-5-,32-27-/t43-,44?,45?/m1/s1. The Morgan fingerprint density at radius 3 is 1.54 bits per heavy atom. The van der Waals surface area contributed by atoms with Gasteiger partial charge in [-0.1, -0.05) is 184 Å². The zero-order chi connectivity index (χ0) is 41.7. The van der Waals surface area contributed by atoms with Crippen molar-refractivity contribution >= 4 is 19.8 Å². The van der Waals surface area contributed by atoms with Crippen LogP contribution in [0.15, 0.2) is 60.8 Å². The molecule has 0 aromatic carbocycles. The molecule has 0 aromatic rings. The predicted octanol–water partition coefficient (Wildman–Crippen LogP) is 12.9. The zero-order valence-electron chi connectivity index (χ0n) is 36.1. The molecule has 328 valence electrons. The number of rotatable bonds is 39. The van der Waals surface area contributed by atoms with Crippen LogP contribution in [0, 0.1) is 5.92 Å². The lowest BCUT2D eigenvalue weighted by molar-refractivity contribution is -0.161. The van der Waals surface area contributed by atoms with E-state index in [4.69, 9.17) is 24.0 Å². The molecule has 9 nitrogen and oxygen atoms in total. The van der Waals surface area contributed by atoms with Crippen LogP contribution < -0.4 is 0 Å². The number of ether oxygens (including phenoxy) is 3. The second-order valence-corrected chi connectivity index (χ2v) is 17.1. The van der Waals surface area contributed by atoms with Crippen LogP contribution >= 0.6 is 7.82 Å². The van der Waals surface area contributed by atoms with Crippen molar-refractivity contribution < 1.29 is 42.7 Å². The van der Waals surface area contributed by atoms with Gasteiger partial charge in [0.25, 0.3) is 0 Å². The Morgan fingerprint density at radius 1 is 0.596 bits per heavy atom. The SMILES string of the molecule is CC/C=C\CC1OC1C/C=C\C/C=C\C/C=C\C/C=C\CCC(=O)O[C@H](COC(=O)CCCCCCCCCCCCCCCCCCC(C)C)COP(=O)(O)O. The van der Waals surface area contributed by atoms with E-state index in [0.29, 0.717) is 25.0 Å². The maximum atomic E-state index is 12.4. The van der Waals surface area contributed by atoms with E-state index < -0.39 is 32.5 Å². The van der Waals surface area contributed by atoms with Gasteiger partial charge in [0.15, 0.2) is 6.10 Å². The highest BCUT2D eigenvalue weighted by Crippen LogP contribution is 2.36. The molecule has 2 N–H and O–H groups in total. The molecule has 0 aliphatic carbocycles. The van der Waals surface area contributed by atoms with E-state index in [0.717, 1.165) is 57.3 Å². The number of esters is 2. The number of phosphoric ester groups is 1. The minimum Gasteiger partial charge on any atom is -0.462 e. The van der Waals surface area contributed by atoms with E-state index in [1.807, 2.05) is 12.2 Å². The van der Waals surface area contributed by atoms with Crippen molar-refractivity contribution in [2.75, 3.05) is 13.2 Å². The van der Waals surface area contributed by atoms with Crippen molar-refractivity contribution in [3.05, 3.63) is 60.8 Å². The molecule has 1 fully saturated rings. The summed E-state index contributed by atoms with van der Waals surface area (Å²) in [5, 5.41) is 0. The van der Waals surface area contributed by atoms with Crippen molar-refractivity contribution in [1.29, 1.82) is 0 Å². The number of carbonyl (C=O) groups excluding carboxylic acids is 2. The molecule has 2 unspecified atom stereocenters. The number of allylic oxidation sites excluding steroid dienone is 8. The first-order chi connectivity index (χ1) is 27.6. The van der Waals surface area contributed by atoms with Gasteiger partial charge in [-0.15, -0.1) is 0 Å². The number of hydrogen-bond donors (Lipinski definition) is 2. The highest BCUT2D eigenvalue weighted by molar-refractivity contribution is 7.46. The highest BCUT2D eigenvalue weighted by Gasteiger charge is 2.36. The number of unbranched alkanes of at least 4 members (excludes halogenated alkanes) is 15. The molecular formula is C47H81O9P. The van der Waals surface area contributed by atoms with Crippen molar-refractivity contribution in [2.24, 2.45) is 5.92 Å². The van der Waals surface area contributed by atoms with Crippen molar-refractivity contribution in [2.45, 2.75) is 206 Å². The number of hydrogen-bond acceptors (Lipinski definition) is 7. The number of phosphoric acid groups is 1. The van der Waals surface area contributed by atoms with Crippen LogP contribution in [0.3, 0.4) is 0 Å². The number of carbonyl (C=O) groups is 2. The molecule has 1 aliphatic rings. The molecule has 1 heterocycles. The van der Waals surface area contributed by atoms with Gasteiger partial charge < -0.3 is 24.0 Å². The summed E-state index contributed by atoms with van der Waals surface area (Å²) >= 11 is 0. The molecule has 3 atom stereocenters. The lowest BCUT2D eigenvalue weighted by Crippen LogP contribution is -2.29. The third-order valence-corrected chi connectivity index (χ3v) is 10.4. The molecule has 0 radical (unpaired) electrons. The van der Waals surface area contributed by atoms with Gasteiger partial charge in [-0.25, -0.2) is 4.57 Å². The van der Waals surface area contributed by atoms with E-state index in [2.05, 4.69) is 73.9 Å². The van der Waals surface area contributed by atoms with Crippen LogP contribution in [0.4, 0.5) is 0 Å². The fourth-order valence-electron chi connectivity index (χ4n) is 6.45. The summed E-state index contributed by atoms with van der Waals surface area (Å²) in [6, 6.07) is 0. The van der Waals surface area contributed by atoms with Crippen LogP contribution in [0.1, 0.15) is 188 Å². The van der Waals surface area contributed by atoms with Crippen LogP contribution in [-0.4, -0.2) is 53.3 Å². The first kappa shape index (κ1) is 52.7. The van der Waals surface area contributed by atoms with Crippen molar-refractivity contribution in [3.8, 4) is 0 Å². The van der Waals surface area contributed by atoms with Crippen molar-refractivity contribution in [3.63, 3.8) is 0 Å². The van der Waals surface area contributed by atoms with Gasteiger partial charge in [0.2, 0.25) is 0 Å². The molecule has 0 saturated carbocycles. The molecule has 0 aromatic heterocycles. The molecule has 0 bridgehead atoms. The average molecular weight is 821 g/mol. The van der Waals surface area contributed by atoms with Gasteiger partial charge in [0.1, 0.15) is 6.61 Å². The molecule has 0 amide bonds. The van der Waals surface area contributed by atoms with E-state index >= 15 is 0 Å². The molecule has 1 aliphatic heterocycles. The molecular weight excluding hydrogens is 739 g/mol. The number of epoxide rings is 1.